The van der Waals surface area contributed by atoms with Crippen LogP contribution in [0.1, 0.15) is 31.4 Å². The predicted molar refractivity (Wildman–Crippen MR) is 96.3 cm³/mol. The average molecular weight is 394 g/mol. The quantitative estimate of drug-likeness (QED) is 0.848. The fourth-order valence-electron chi connectivity index (χ4n) is 3.19. The molecule has 0 aromatic heterocycles. The number of nitrogens with zero attached hydrogens (tertiary/aromatic N) is 1. The SMILES string of the molecule is CC(NC(=O)C1CCCN1S(=O)(=O)c1ccccc1)c1ccc(F)c(F)c1. The van der Waals surface area contributed by atoms with Crippen molar-refractivity contribution in [3.05, 3.63) is 65.7 Å². The Balaban J connectivity index is 1.76. The maximum atomic E-state index is 13.4. The molecule has 3 rings (SSSR count). The molecule has 2 aromatic carbocycles. The third-order valence-corrected chi connectivity index (χ3v) is 6.58. The number of halogens is 2. The largest absolute Gasteiger partial charge is 0.348 e. The lowest BCUT2D eigenvalue weighted by Gasteiger charge is -2.25. The van der Waals surface area contributed by atoms with Crippen LogP contribution >= 0.6 is 0 Å². The minimum atomic E-state index is -3.78. The van der Waals surface area contributed by atoms with E-state index in [1.165, 1.54) is 22.5 Å². The van der Waals surface area contributed by atoms with Gasteiger partial charge >= 0.3 is 0 Å². The highest BCUT2D eigenvalue weighted by atomic mass is 32.2. The Bertz CT molecular complexity index is 935. The second-order valence-electron chi connectivity index (χ2n) is 6.49. The van der Waals surface area contributed by atoms with E-state index in [4.69, 9.17) is 0 Å². The summed E-state index contributed by atoms with van der Waals surface area (Å²) in [6.45, 7) is 1.89. The molecule has 144 valence electrons. The number of benzene rings is 2. The van der Waals surface area contributed by atoms with Gasteiger partial charge in [0, 0.05) is 6.54 Å². The third-order valence-electron chi connectivity index (χ3n) is 4.66. The number of hydrogen-bond acceptors (Lipinski definition) is 3. The second-order valence-corrected chi connectivity index (χ2v) is 8.38. The molecule has 8 heteroatoms. The first-order chi connectivity index (χ1) is 12.8. The minimum absolute atomic E-state index is 0.137. The Hall–Kier alpha value is -2.32. The van der Waals surface area contributed by atoms with E-state index in [2.05, 4.69) is 5.32 Å². The van der Waals surface area contributed by atoms with Crippen molar-refractivity contribution in [1.82, 2.24) is 9.62 Å². The molecule has 1 heterocycles. The summed E-state index contributed by atoms with van der Waals surface area (Å²) in [4.78, 5) is 12.8. The molecule has 0 aliphatic carbocycles. The van der Waals surface area contributed by atoms with Gasteiger partial charge in [0.05, 0.1) is 10.9 Å². The number of carbonyl (C=O) groups is 1. The van der Waals surface area contributed by atoms with Crippen molar-refractivity contribution in [3.63, 3.8) is 0 Å². The molecule has 0 radical (unpaired) electrons. The number of amides is 1. The van der Waals surface area contributed by atoms with E-state index in [0.29, 0.717) is 18.4 Å². The molecule has 1 fully saturated rings. The van der Waals surface area contributed by atoms with Crippen molar-refractivity contribution in [2.24, 2.45) is 0 Å². The van der Waals surface area contributed by atoms with Gasteiger partial charge in [-0.15, -0.1) is 0 Å². The normalized spacial score (nSPS) is 19.0. The van der Waals surface area contributed by atoms with Crippen molar-refractivity contribution >= 4 is 15.9 Å². The van der Waals surface area contributed by atoms with E-state index in [1.807, 2.05) is 0 Å². The van der Waals surface area contributed by atoms with Crippen molar-refractivity contribution in [3.8, 4) is 0 Å². The summed E-state index contributed by atoms with van der Waals surface area (Å²) in [5.41, 5.74) is 0.401. The number of carbonyl (C=O) groups excluding carboxylic acids is 1. The van der Waals surface area contributed by atoms with Gasteiger partial charge in [0.15, 0.2) is 11.6 Å². The average Bonchev–Trinajstić information content (AvgIpc) is 3.15. The molecule has 0 spiro atoms. The standard InChI is InChI=1S/C19H20F2N2O3S/c1-13(14-9-10-16(20)17(21)12-14)22-19(24)18-8-5-11-23(18)27(25,26)15-6-3-2-4-7-15/h2-4,6-7,9-10,12-13,18H,5,8,11H2,1H3,(H,22,24). The fourth-order valence-corrected chi connectivity index (χ4v) is 4.87. The van der Waals surface area contributed by atoms with Gasteiger partial charge in [0.1, 0.15) is 6.04 Å². The van der Waals surface area contributed by atoms with Crippen molar-refractivity contribution in [2.75, 3.05) is 6.54 Å². The lowest BCUT2D eigenvalue weighted by Crippen LogP contribution is -2.46. The Morgan fingerprint density at radius 1 is 1.15 bits per heavy atom. The lowest BCUT2D eigenvalue weighted by molar-refractivity contribution is -0.124. The van der Waals surface area contributed by atoms with Gasteiger partial charge in [-0.05, 0) is 49.6 Å². The van der Waals surface area contributed by atoms with Crippen LogP contribution in [0.4, 0.5) is 8.78 Å². The van der Waals surface area contributed by atoms with Crippen LogP contribution < -0.4 is 5.32 Å². The molecule has 1 amide bonds. The van der Waals surface area contributed by atoms with E-state index in [0.717, 1.165) is 12.1 Å². The van der Waals surface area contributed by atoms with Gasteiger partial charge < -0.3 is 5.32 Å². The molecular formula is C19H20F2N2O3S. The summed E-state index contributed by atoms with van der Waals surface area (Å²) in [5.74, 6) is -2.42. The molecule has 1 N–H and O–H groups in total. The zero-order chi connectivity index (χ0) is 19.6. The molecule has 27 heavy (non-hydrogen) atoms. The highest BCUT2D eigenvalue weighted by molar-refractivity contribution is 7.89. The molecule has 1 saturated heterocycles. The van der Waals surface area contributed by atoms with E-state index < -0.39 is 39.6 Å². The Morgan fingerprint density at radius 3 is 2.52 bits per heavy atom. The van der Waals surface area contributed by atoms with Gasteiger partial charge in [0.25, 0.3) is 0 Å². The number of rotatable bonds is 5. The minimum Gasteiger partial charge on any atom is -0.348 e. The topological polar surface area (TPSA) is 66.5 Å². The maximum Gasteiger partial charge on any atom is 0.243 e. The zero-order valence-electron chi connectivity index (χ0n) is 14.7. The molecule has 2 aromatic rings. The van der Waals surface area contributed by atoms with Gasteiger partial charge in [0.2, 0.25) is 15.9 Å². The van der Waals surface area contributed by atoms with Crippen LogP contribution in [0.15, 0.2) is 53.4 Å². The zero-order valence-corrected chi connectivity index (χ0v) is 15.5. The maximum absolute atomic E-state index is 13.4. The van der Waals surface area contributed by atoms with Crippen LogP contribution in [-0.2, 0) is 14.8 Å². The van der Waals surface area contributed by atoms with Crippen LogP contribution in [-0.4, -0.2) is 31.2 Å². The summed E-state index contributed by atoms with van der Waals surface area (Å²) < 4.78 is 53.4. The monoisotopic (exact) mass is 394 g/mol. The van der Waals surface area contributed by atoms with Gasteiger partial charge in [-0.1, -0.05) is 24.3 Å². The summed E-state index contributed by atoms with van der Waals surface area (Å²) in [6.07, 6.45) is 0.978. The van der Waals surface area contributed by atoms with Crippen LogP contribution in [0.5, 0.6) is 0 Å². The summed E-state index contributed by atoms with van der Waals surface area (Å²) in [6, 6.07) is 9.94. The first-order valence-corrected chi connectivity index (χ1v) is 10.1. The molecule has 2 atom stereocenters. The first-order valence-electron chi connectivity index (χ1n) is 8.63. The third kappa shape index (κ3) is 4.01. The predicted octanol–water partition coefficient (Wildman–Crippen LogP) is 3.00. The van der Waals surface area contributed by atoms with Crippen LogP contribution in [0, 0.1) is 11.6 Å². The van der Waals surface area contributed by atoms with Crippen LogP contribution in [0.3, 0.4) is 0 Å². The highest BCUT2D eigenvalue weighted by Gasteiger charge is 2.39. The molecule has 5 nitrogen and oxygen atoms in total. The van der Waals surface area contributed by atoms with Crippen LogP contribution in [0.2, 0.25) is 0 Å². The smallest absolute Gasteiger partial charge is 0.243 e. The molecule has 2 unspecified atom stereocenters. The Morgan fingerprint density at radius 2 is 1.85 bits per heavy atom. The molecule has 1 aliphatic heterocycles. The molecule has 1 aliphatic rings. The van der Waals surface area contributed by atoms with Crippen LogP contribution in [0.25, 0.3) is 0 Å². The fraction of sp³-hybridized carbons (Fsp3) is 0.316. The van der Waals surface area contributed by atoms with Gasteiger partial charge in [-0.2, -0.15) is 4.31 Å². The van der Waals surface area contributed by atoms with E-state index in [1.54, 1.807) is 25.1 Å². The summed E-state index contributed by atoms with van der Waals surface area (Å²) >= 11 is 0. The number of nitrogens with one attached hydrogen (secondary N) is 1. The number of hydrogen-bond donors (Lipinski definition) is 1. The molecule has 0 saturated carbocycles. The lowest BCUT2D eigenvalue weighted by atomic mass is 10.1. The first kappa shape index (κ1) is 19.4. The summed E-state index contributed by atoms with van der Waals surface area (Å²) in [7, 11) is -3.78. The van der Waals surface area contributed by atoms with Crippen molar-refractivity contribution in [2.45, 2.75) is 36.7 Å². The molecule has 0 bridgehead atoms. The van der Waals surface area contributed by atoms with Crippen molar-refractivity contribution in [1.29, 1.82) is 0 Å². The number of sulfonamides is 1. The van der Waals surface area contributed by atoms with E-state index in [-0.39, 0.29) is 11.4 Å². The van der Waals surface area contributed by atoms with Gasteiger partial charge in [-0.25, -0.2) is 17.2 Å². The Labute approximate surface area is 157 Å². The summed E-state index contributed by atoms with van der Waals surface area (Å²) in [5, 5.41) is 2.70. The molecular weight excluding hydrogens is 374 g/mol. The van der Waals surface area contributed by atoms with Crippen molar-refractivity contribution < 1.29 is 22.0 Å². The second kappa shape index (κ2) is 7.74. The highest BCUT2D eigenvalue weighted by Crippen LogP contribution is 2.27. The van der Waals surface area contributed by atoms with Gasteiger partial charge in [-0.3, -0.25) is 4.79 Å². The van der Waals surface area contributed by atoms with E-state index in [9.17, 15) is 22.0 Å². The van der Waals surface area contributed by atoms with E-state index >= 15 is 0 Å². The Kier molecular flexibility index (Phi) is 5.57.